The third-order valence-corrected chi connectivity index (χ3v) is 3.14. The van der Waals surface area contributed by atoms with Gasteiger partial charge in [-0.3, -0.25) is 4.79 Å². The van der Waals surface area contributed by atoms with Crippen LogP contribution in [0, 0.1) is 6.92 Å². The van der Waals surface area contributed by atoms with Gasteiger partial charge in [-0.05, 0) is 12.5 Å². The van der Waals surface area contributed by atoms with E-state index in [2.05, 4.69) is 31.2 Å². The number of carbonyl (C=O) groups is 1. The molecule has 0 spiro atoms. The van der Waals surface area contributed by atoms with Crippen molar-refractivity contribution in [3.05, 3.63) is 35.4 Å². The smallest absolute Gasteiger partial charge is 0.248 e. The maximum Gasteiger partial charge on any atom is 0.248 e. The molecule has 4 heteroatoms. The molecule has 1 heterocycles. The number of methoxy groups -OCH3 is 1. The van der Waals surface area contributed by atoms with Gasteiger partial charge < -0.3 is 14.4 Å². The Morgan fingerprint density at radius 2 is 2.17 bits per heavy atom. The summed E-state index contributed by atoms with van der Waals surface area (Å²) < 4.78 is 10.6. The number of ether oxygens (including phenoxy) is 2. The number of hydrogen-bond acceptors (Lipinski definition) is 3. The number of rotatable bonds is 3. The Morgan fingerprint density at radius 1 is 1.44 bits per heavy atom. The fourth-order valence-corrected chi connectivity index (χ4v) is 2.07. The summed E-state index contributed by atoms with van der Waals surface area (Å²) in [5.41, 5.74) is 2.34. The number of morpholine rings is 1. The molecule has 1 aliphatic rings. The van der Waals surface area contributed by atoms with Crippen LogP contribution in [0.3, 0.4) is 0 Å². The molecule has 18 heavy (non-hydrogen) atoms. The molecule has 1 fully saturated rings. The molecule has 1 aromatic carbocycles. The van der Waals surface area contributed by atoms with Gasteiger partial charge in [-0.15, -0.1) is 0 Å². The first-order valence-corrected chi connectivity index (χ1v) is 6.15. The lowest BCUT2D eigenvalue weighted by molar-refractivity contribution is -0.142. The standard InChI is InChI=1S/C14H19NO3/c1-11-3-5-12(6-4-11)13-9-15(7-8-18-13)14(16)10-17-2/h3-6,13H,7-10H2,1-2H3. The van der Waals surface area contributed by atoms with Crippen LogP contribution in [0.2, 0.25) is 0 Å². The van der Waals surface area contributed by atoms with E-state index in [0.29, 0.717) is 19.7 Å². The summed E-state index contributed by atoms with van der Waals surface area (Å²) in [4.78, 5) is 13.6. The number of benzene rings is 1. The molecule has 1 atom stereocenters. The predicted octanol–water partition coefficient (Wildman–Crippen LogP) is 1.54. The van der Waals surface area contributed by atoms with Crippen molar-refractivity contribution in [2.24, 2.45) is 0 Å². The van der Waals surface area contributed by atoms with Crippen LogP contribution in [-0.4, -0.2) is 44.2 Å². The fourth-order valence-electron chi connectivity index (χ4n) is 2.07. The molecule has 0 bridgehead atoms. The summed E-state index contributed by atoms with van der Waals surface area (Å²) in [7, 11) is 1.54. The number of nitrogens with zero attached hydrogens (tertiary/aromatic N) is 1. The normalized spacial score (nSPS) is 19.9. The lowest BCUT2D eigenvalue weighted by Gasteiger charge is -2.33. The Labute approximate surface area is 107 Å². The van der Waals surface area contributed by atoms with E-state index in [0.717, 1.165) is 5.56 Å². The monoisotopic (exact) mass is 249 g/mol. The molecule has 0 aromatic heterocycles. The summed E-state index contributed by atoms with van der Waals surface area (Å²) >= 11 is 0. The first-order valence-electron chi connectivity index (χ1n) is 6.15. The van der Waals surface area contributed by atoms with E-state index >= 15 is 0 Å². The molecule has 1 unspecified atom stereocenters. The minimum absolute atomic E-state index is 0.0258. The SMILES string of the molecule is COCC(=O)N1CCOC(c2ccc(C)cc2)C1. The van der Waals surface area contributed by atoms with Crippen molar-refractivity contribution >= 4 is 5.91 Å². The van der Waals surface area contributed by atoms with Crippen molar-refractivity contribution in [1.29, 1.82) is 0 Å². The maximum absolute atomic E-state index is 11.8. The topological polar surface area (TPSA) is 38.8 Å². The van der Waals surface area contributed by atoms with Gasteiger partial charge in [0.1, 0.15) is 12.7 Å². The molecule has 1 aliphatic heterocycles. The Balaban J connectivity index is 2.02. The van der Waals surface area contributed by atoms with Gasteiger partial charge in [-0.2, -0.15) is 0 Å². The van der Waals surface area contributed by atoms with Gasteiger partial charge in [0.25, 0.3) is 0 Å². The van der Waals surface area contributed by atoms with Crippen LogP contribution in [0.1, 0.15) is 17.2 Å². The van der Waals surface area contributed by atoms with E-state index in [4.69, 9.17) is 9.47 Å². The highest BCUT2D eigenvalue weighted by atomic mass is 16.5. The first-order chi connectivity index (χ1) is 8.70. The summed E-state index contributed by atoms with van der Waals surface area (Å²) in [5.74, 6) is 0.0258. The second-order valence-electron chi connectivity index (χ2n) is 4.54. The van der Waals surface area contributed by atoms with Gasteiger partial charge in [0.2, 0.25) is 5.91 Å². The molecule has 0 saturated carbocycles. The third-order valence-electron chi connectivity index (χ3n) is 3.14. The van der Waals surface area contributed by atoms with Crippen molar-refractivity contribution < 1.29 is 14.3 Å². The zero-order valence-electron chi connectivity index (χ0n) is 10.9. The van der Waals surface area contributed by atoms with Gasteiger partial charge in [0.05, 0.1) is 13.2 Å². The summed E-state index contributed by atoms with van der Waals surface area (Å²) in [6.45, 7) is 4.02. The number of amides is 1. The highest BCUT2D eigenvalue weighted by Gasteiger charge is 2.24. The van der Waals surface area contributed by atoms with Gasteiger partial charge >= 0.3 is 0 Å². The fraction of sp³-hybridized carbons (Fsp3) is 0.500. The summed E-state index contributed by atoms with van der Waals surface area (Å²) in [5, 5.41) is 0. The van der Waals surface area contributed by atoms with Crippen molar-refractivity contribution in [2.75, 3.05) is 33.4 Å². The van der Waals surface area contributed by atoms with Gasteiger partial charge in [-0.1, -0.05) is 29.8 Å². The van der Waals surface area contributed by atoms with E-state index < -0.39 is 0 Å². The van der Waals surface area contributed by atoms with Gasteiger partial charge in [-0.25, -0.2) is 0 Å². The summed E-state index contributed by atoms with van der Waals surface area (Å²) in [6, 6.07) is 8.25. The lowest BCUT2D eigenvalue weighted by Crippen LogP contribution is -2.43. The van der Waals surface area contributed by atoms with Crippen LogP contribution in [-0.2, 0) is 14.3 Å². The Hall–Kier alpha value is -1.39. The van der Waals surface area contributed by atoms with Crippen LogP contribution in [0.4, 0.5) is 0 Å². The molecule has 0 radical (unpaired) electrons. The number of hydrogen-bond donors (Lipinski definition) is 0. The molecule has 1 saturated heterocycles. The van der Waals surface area contributed by atoms with Crippen LogP contribution < -0.4 is 0 Å². The maximum atomic E-state index is 11.8. The van der Waals surface area contributed by atoms with E-state index in [1.807, 2.05) is 0 Å². The van der Waals surface area contributed by atoms with Gasteiger partial charge in [0, 0.05) is 13.7 Å². The second kappa shape index (κ2) is 5.98. The van der Waals surface area contributed by atoms with Crippen molar-refractivity contribution in [2.45, 2.75) is 13.0 Å². The van der Waals surface area contributed by atoms with E-state index in [1.165, 1.54) is 12.7 Å². The molecule has 4 nitrogen and oxygen atoms in total. The van der Waals surface area contributed by atoms with E-state index in [-0.39, 0.29) is 18.6 Å². The van der Waals surface area contributed by atoms with Crippen molar-refractivity contribution in [3.63, 3.8) is 0 Å². The van der Waals surface area contributed by atoms with Crippen LogP contribution >= 0.6 is 0 Å². The molecule has 0 aliphatic carbocycles. The molecule has 1 aromatic rings. The number of carbonyl (C=O) groups excluding carboxylic acids is 1. The van der Waals surface area contributed by atoms with Crippen LogP contribution in [0.5, 0.6) is 0 Å². The molecule has 2 rings (SSSR count). The largest absolute Gasteiger partial charge is 0.375 e. The summed E-state index contributed by atoms with van der Waals surface area (Å²) in [6.07, 6.45) is -0.0276. The van der Waals surface area contributed by atoms with Crippen molar-refractivity contribution in [1.82, 2.24) is 4.90 Å². The highest BCUT2D eigenvalue weighted by molar-refractivity contribution is 5.77. The Kier molecular flexibility index (Phi) is 4.33. The lowest BCUT2D eigenvalue weighted by atomic mass is 10.1. The van der Waals surface area contributed by atoms with Crippen LogP contribution in [0.25, 0.3) is 0 Å². The highest BCUT2D eigenvalue weighted by Crippen LogP contribution is 2.22. The minimum atomic E-state index is -0.0276. The molecular weight excluding hydrogens is 230 g/mol. The second-order valence-corrected chi connectivity index (χ2v) is 4.54. The predicted molar refractivity (Wildman–Crippen MR) is 68.3 cm³/mol. The average molecular weight is 249 g/mol. The number of aryl methyl sites for hydroxylation is 1. The zero-order valence-corrected chi connectivity index (χ0v) is 10.9. The zero-order chi connectivity index (χ0) is 13.0. The van der Waals surface area contributed by atoms with Crippen molar-refractivity contribution in [3.8, 4) is 0 Å². The van der Waals surface area contributed by atoms with Crippen LogP contribution in [0.15, 0.2) is 24.3 Å². The quantitative estimate of drug-likeness (QED) is 0.815. The molecule has 98 valence electrons. The molecular formula is C14H19NO3. The Bertz CT molecular complexity index is 402. The average Bonchev–Trinajstić information content (AvgIpc) is 2.40. The van der Waals surface area contributed by atoms with E-state index in [9.17, 15) is 4.79 Å². The Morgan fingerprint density at radius 3 is 2.83 bits per heavy atom. The minimum Gasteiger partial charge on any atom is -0.375 e. The third kappa shape index (κ3) is 3.09. The van der Waals surface area contributed by atoms with E-state index in [1.54, 1.807) is 4.90 Å². The first kappa shape index (κ1) is 13.1. The van der Waals surface area contributed by atoms with Gasteiger partial charge in [0.15, 0.2) is 0 Å². The molecule has 1 amide bonds. The molecule has 0 N–H and O–H groups in total.